The van der Waals surface area contributed by atoms with E-state index in [1.807, 2.05) is 0 Å². The van der Waals surface area contributed by atoms with E-state index in [2.05, 4.69) is 38.1 Å². The van der Waals surface area contributed by atoms with E-state index in [4.69, 9.17) is 5.11 Å². The normalized spacial score (nSPS) is 12.8. The number of carboxylic acids is 1. The number of hydrogen-bond acceptors (Lipinski definition) is 2. The Bertz CT molecular complexity index is 392. The van der Waals surface area contributed by atoms with Crippen LogP contribution in [0.15, 0.2) is 12.2 Å². The number of rotatable bonds is 23. The van der Waals surface area contributed by atoms with Crippen LogP contribution < -0.4 is 0 Å². The summed E-state index contributed by atoms with van der Waals surface area (Å²) in [5.74, 6) is 0.229. The molecule has 0 fully saturated rings. The average Bonchev–Trinajstić information content (AvgIpc) is 2.69. The summed E-state index contributed by atoms with van der Waals surface area (Å²) in [5, 5.41) is 8.60. The summed E-state index contributed by atoms with van der Waals surface area (Å²) >= 11 is 0. The van der Waals surface area contributed by atoms with Gasteiger partial charge in [-0.05, 0) is 65.0 Å². The molecule has 0 aliphatic carbocycles. The lowest BCUT2D eigenvalue weighted by Gasteiger charge is -2.21. The fourth-order valence-electron chi connectivity index (χ4n) is 4.23. The van der Waals surface area contributed by atoms with Gasteiger partial charge >= 0.3 is 5.97 Å². The molecular formula is C27H53NO2. The van der Waals surface area contributed by atoms with Gasteiger partial charge in [0.05, 0.1) is 0 Å². The van der Waals surface area contributed by atoms with Gasteiger partial charge in [-0.15, -0.1) is 0 Å². The molecule has 0 aliphatic heterocycles. The van der Waals surface area contributed by atoms with Gasteiger partial charge in [-0.1, -0.05) is 89.7 Å². The maximum Gasteiger partial charge on any atom is 0.303 e. The second-order valence-corrected chi connectivity index (χ2v) is 9.49. The van der Waals surface area contributed by atoms with E-state index in [-0.39, 0.29) is 0 Å². The SMILES string of the molecule is CCCCCCCC(CCCCCCCC/C=C\CCCCCC(=O)O)CN(C)C. The first kappa shape index (κ1) is 29.2. The van der Waals surface area contributed by atoms with Crippen molar-refractivity contribution in [2.45, 2.75) is 129 Å². The van der Waals surface area contributed by atoms with Crippen molar-refractivity contribution in [1.29, 1.82) is 0 Å². The first-order valence-electron chi connectivity index (χ1n) is 13.1. The van der Waals surface area contributed by atoms with Crippen molar-refractivity contribution >= 4 is 5.97 Å². The smallest absolute Gasteiger partial charge is 0.303 e. The molecule has 0 bridgehead atoms. The van der Waals surface area contributed by atoms with Crippen molar-refractivity contribution in [3.63, 3.8) is 0 Å². The fourth-order valence-corrected chi connectivity index (χ4v) is 4.23. The second-order valence-electron chi connectivity index (χ2n) is 9.49. The molecule has 0 heterocycles. The molecule has 0 saturated carbocycles. The summed E-state index contributed by atoms with van der Waals surface area (Å²) in [6, 6.07) is 0. The number of unbranched alkanes of at least 4 members (excludes halogenated alkanes) is 13. The van der Waals surface area contributed by atoms with Gasteiger partial charge in [0, 0.05) is 13.0 Å². The zero-order chi connectivity index (χ0) is 22.3. The van der Waals surface area contributed by atoms with E-state index in [0.29, 0.717) is 6.42 Å². The second kappa shape index (κ2) is 22.8. The van der Waals surface area contributed by atoms with Crippen LogP contribution in [0.2, 0.25) is 0 Å². The van der Waals surface area contributed by atoms with Crippen LogP contribution in [0.4, 0.5) is 0 Å². The van der Waals surface area contributed by atoms with E-state index < -0.39 is 5.97 Å². The largest absolute Gasteiger partial charge is 0.481 e. The van der Waals surface area contributed by atoms with Gasteiger partial charge < -0.3 is 10.0 Å². The molecular weight excluding hydrogens is 370 g/mol. The maximum atomic E-state index is 10.4. The third-order valence-corrected chi connectivity index (χ3v) is 6.00. The van der Waals surface area contributed by atoms with Gasteiger partial charge in [0.2, 0.25) is 0 Å². The monoisotopic (exact) mass is 423 g/mol. The molecule has 0 aromatic heterocycles. The lowest BCUT2D eigenvalue weighted by Crippen LogP contribution is -2.21. The first-order chi connectivity index (χ1) is 14.6. The van der Waals surface area contributed by atoms with Crippen LogP contribution in [0.1, 0.15) is 129 Å². The lowest BCUT2D eigenvalue weighted by molar-refractivity contribution is -0.137. The minimum Gasteiger partial charge on any atom is -0.481 e. The molecule has 3 nitrogen and oxygen atoms in total. The van der Waals surface area contributed by atoms with Crippen LogP contribution in [-0.4, -0.2) is 36.6 Å². The molecule has 0 radical (unpaired) electrons. The summed E-state index contributed by atoms with van der Waals surface area (Å²) in [4.78, 5) is 12.8. The predicted molar refractivity (Wildman–Crippen MR) is 132 cm³/mol. The minimum atomic E-state index is -0.670. The summed E-state index contributed by atoms with van der Waals surface area (Å²) in [6.07, 6.45) is 28.4. The molecule has 30 heavy (non-hydrogen) atoms. The highest BCUT2D eigenvalue weighted by Crippen LogP contribution is 2.20. The number of aliphatic carboxylic acids is 1. The Hall–Kier alpha value is -0.830. The minimum absolute atomic E-state index is 0.319. The van der Waals surface area contributed by atoms with Crippen LogP contribution in [0.5, 0.6) is 0 Å². The Balaban J connectivity index is 3.51. The van der Waals surface area contributed by atoms with Crippen molar-refractivity contribution in [3.8, 4) is 0 Å². The lowest BCUT2D eigenvalue weighted by atomic mass is 9.93. The zero-order valence-corrected chi connectivity index (χ0v) is 20.7. The van der Waals surface area contributed by atoms with E-state index in [1.54, 1.807) is 0 Å². The van der Waals surface area contributed by atoms with Crippen LogP contribution in [0.25, 0.3) is 0 Å². The molecule has 0 amide bonds. The number of carboxylic acid groups (broad SMARTS) is 1. The molecule has 0 spiro atoms. The van der Waals surface area contributed by atoms with Crippen molar-refractivity contribution in [3.05, 3.63) is 12.2 Å². The number of hydrogen-bond donors (Lipinski definition) is 1. The summed E-state index contributed by atoms with van der Waals surface area (Å²) in [7, 11) is 4.44. The van der Waals surface area contributed by atoms with Gasteiger partial charge in [-0.25, -0.2) is 0 Å². The topological polar surface area (TPSA) is 40.5 Å². The van der Waals surface area contributed by atoms with Gasteiger partial charge in [-0.2, -0.15) is 0 Å². The molecule has 0 aromatic carbocycles. The molecule has 1 N–H and O–H groups in total. The quantitative estimate of drug-likeness (QED) is 0.133. The number of allylic oxidation sites excluding steroid dienone is 2. The Morgan fingerprint density at radius 3 is 1.70 bits per heavy atom. The van der Waals surface area contributed by atoms with Crippen molar-refractivity contribution in [2.75, 3.05) is 20.6 Å². The molecule has 0 rings (SSSR count). The van der Waals surface area contributed by atoms with Crippen LogP contribution >= 0.6 is 0 Å². The molecule has 0 aromatic rings. The predicted octanol–water partition coefficient (Wildman–Crippen LogP) is 8.24. The number of nitrogens with zero attached hydrogens (tertiary/aromatic N) is 1. The van der Waals surface area contributed by atoms with Crippen LogP contribution in [0, 0.1) is 5.92 Å². The van der Waals surface area contributed by atoms with E-state index in [0.717, 1.165) is 31.6 Å². The highest BCUT2D eigenvalue weighted by atomic mass is 16.4. The van der Waals surface area contributed by atoms with Crippen molar-refractivity contribution in [1.82, 2.24) is 4.90 Å². The van der Waals surface area contributed by atoms with Crippen LogP contribution in [0.3, 0.4) is 0 Å². The van der Waals surface area contributed by atoms with Gasteiger partial charge in [-0.3, -0.25) is 4.79 Å². The fraction of sp³-hybridized carbons (Fsp3) is 0.889. The Morgan fingerprint density at radius 1 is 0.733 bits per heavy atom. The molecule has 1 atom stereocenters. The highest BCUT2D eigenvalue weighted by molar-refractivity contribution is 5.66. The highest BCUT2D eigenvalue weighted by Gasteiger charge is 2.09. The molecule has 178 valence electrons. The summed E-state index contributed by atoms with van der Waals surface area (Å²) < 4.78 is 0. The molecule has 0 saturated heterocycles. The Labute approximate surface area is 188 Å². The van der Waals surface area contributed by atoms with E-state index >= 15 is 0 Å². The third-order valence-electron chi connectivity index (χ3n) is 6.00. The molecule has 3 heteroatoms. The maximum absolute atomic E-state index is 10.4. The summed E-state index contributed by atoms with van der Waals surface area (Å²) in [6.45, 7) is 3.56. The van der Waals surface area contributed by atoms with E-state index in [9.17, 15) is 4.79 Å². The van der Waals surface area contributed by atoms with E-state index in [1.165, 1.54) is 96.4 Å². The van der Waals surface area contributed by atoms with Crippen LogP contribution in [-0.2, 0) is 4.79 Å². The standard InChI is InChI=1S/C27H53NO2/c1-4-5-6-16-19-22-26(25-28(2)3)23-20-17-14-12-10-8-7-9-11-13-15-18-21-24-27(29)30/h9,11,26H,4-8,10,12-25H2,1-3H3,(H,29,30)/b11-9-. The van der Waals surface area contributed by atoms with Crippen molar-refractivity contribution in [2.24, 2.45) is 5.92 Å². The molecule has 0 aliphatic rings. The third kappa shape index (κ3) is 23.4. The van der Waals surface area contributed by atoms with Gasteiger partial charge in [0.25, 0.3) is 0 Å². The average molecular weight is 424 g/mol. The Kier molecular flexibility index (Phi) is 22.2. The first-order valence-corrected chi connectivity index (χ1v) is 13.1. The van der Waals surface area contributed by atoms with Gasteiger partial charge in [0.15, 0.2) is 0 Å². The van der Waals surface area contributed by atoms with Gasteiger partial charge in [0.1, 0.15) is 0 Å². The number of carbonyl (C=O) groups is 1. The van der Waals surface area contributed by atoms with Crippen molar-refractivity contribution < 1.29 is 9.90 Å². The molecule has 1 unspecified atom stereocenters. The Morgan fingerprint density at radius 2 is 1.20 bits per heavy atom. The zero-order valence-electron chi connectivity index (χ0n) is 20.7. The summed E-state index contributed by atoms with van der Waals surface area (Å²) in [5.41, 5.74) is 0.